The highest BCUT2D eigenvalue weighted by Crippen LogP contribution is 2.05. The van der Waals surface area contributed by atoms with Gasteiger partial charge in [-0.3, -0.25) is 0 Å². The highest BCUT2D eigenvalue weighted by Gasteiger charge is 2.04. The van der Waals surface area contributed by atoms with Gasteiger partial charge in [0.15, 0.2) is 5.96 Å². The average Bonchev–Trinajstić information content (AvgIpc) is 2.41. The van der Waals surface area contributed by atoms with Gasteiger partial charge < -0.3 is 10.2 Å². The number of halogens is 1. The van der Waals surface area contributed by atoms with E-state index in [4.69, 9.17) is 0 Å². The Hall–Kier alpha value is -1.58. The Kier molecular flexibility index (Phi) is 6.93. The largest absolute Gasteiger partial charge is 0.357 e. The maximum Gasteiger partial charge on any atom is 0.193 e. The summed E-state index contributed by atoms with van der Waals surface area (Å²) in [6.45, 7) is 6.52. The van der Waals surface area contributed by atoms with Crippen molar-refractivity contribution in [3.63, 3.8) is 0 Å². The number of hydrogen-bond acceptors (Lipinski definition) is 1. The van der Waals surface area contributed by atoms with Crippen molar-refractivity contribution in [3.05, 3.63) is 35.6 Å². The summed E-state index contributed by atoms with van der Waals surface area (Å²) < 4.78 is 13.1. The van der Waals surface area contributed by atoms with Crippen molar-refractivity contribution in [1.29, 1.82) is 0 Å². The second kappa shape index (κ2) is 8.51. The lowest BCUT2D eigenvalue weighted by atomic mass is 10.2. The van der Waals surface area contributed by atoms with E-state index in [0.29, 0.717) is 6.54 Å². The fraction of sp³-hybridized carbons (Fsp3) is 0.533. The quantitative estimate of drug-likeness (QED) is 0.632. The molecule has 0 spiro atoms. The molecule has 0 atom stereocenters. The molecule has 0 fully saturated rings. The summed E-state index contributed by atoms with van der Waals surface area (Å²) in [5, 5.41) is 3.26. The van der Waals surface area contributed by atoms with Gasteiger partial charge in [0, 0.05) is 20.1 Å². The van der Waals surface area contributed by atoms with Gasteiger partial charge in [-0.25, -0.2) is 9.38 Å². The summed E-state index contributed by atoms with van der Waals surface area (Å²) in [5.41, 5.74) is 0.888. The SMILES string of the molecule is CCCCN(C)C(=NCc1cccc(F)c1)NCC. The van der Waals surface area contributed by atoms with Gasteiger partial charge in [0.05, 0.1) is 6.54 Å². The predicted molar refractivity (Wildman–Crippen MR) is 78.8 cm³/mol. The van der Waals surface area contributed by atoms with Crippen molar-refractivity contribution in [2.45, 2.75) is 33.2 Å². The van der Waals surface area contributed by atoms with E-state index in [1.165, 1.54) is 12.1 Å². The summed E-state index contributed by atoms with van der Waals surface area (Å²) in [7, 11) is 2.03. The number of hydrogen-bond donors (Lipinski definition) is 1. The van der Waals surface area contributed by atoms with Crippen LogP contribution in [0.25, 0.3) is 0 Å². The zero-order valence-corrected chi connectivity index (χ0v) is 12.1. The van der Waals surface area contributed by atoms with E-state index in [1.54, 1.807) is 6.07 Å². The molecule has 0 aromatic heterocycles. The Morgan fingerprint density at radius 1 is 1.37 bits per heavy atom. The zero-order chi connectivity index (χ0) is 14.1. The van der Waals surface area contributed by atoms with Crippen molar-refractivity contribution in [2.24, 2.45) is 4.99 Å². The molecule has 0 amide bonds. The summed E-state index contributed by atoms with van der Waals surface area (Å²) in [6, 6.07) is 6.58. The van der Waals surface area contributed by atoms with Crippen LogP contribution < -0.4 is 5.32 Å². The second-order valence-electron chi connectivity index (χ2n) is 4.58. The molecule has 0 radical (unpaired) electrons. The number of unbranched alkanes of at least 4 members (excludes halogenated alkanes) is 1. The first-order valence-corrected chi connectivity index (χ1v) is 6.91. The molecule has 1 aromatic rings. The van der Waals surface area contributed by atoms with Crippen molar-refractivity contribution in [2.75, 3.05) is 20.1 Å². The van der Waals surface area contributed by atoms with Crippen LogP contribution in [-0.4, -0.2) is 31.0 Å². The molecule has 0 bridgehead atoms. The highest BCUT2D eigenvalue weighted by atomic mass is 19.1. The maximum absolute atomic E-state index is 13.1. The molecule has 1 rings (SSSR count). The van der Waals surface area contributed by atoms with Crippen molar-refractivity contribution in [1.82, 2.24) is 10.2 Å². The first kappa shape index (κ1) is 15.5. The minimum Gasteiger partial charge on any atom is -0.357 e. The van der Waals surface area contributed by atoms with Gasteiger partial charge in [0.2, 0.25) is 0 Å². The third kappa shape index (κ3) is 5.73. The molecule has 0 aliphatic rings. The van der Waals surface area contributed by atoms with Crippen LogP contribution in [0.4, 0.5) is 4.39 Å². The van der Waals surface area contributed by atoms with Gasteiger partial charge in [0.25, 0.3) is 0 Å². The Bertz CT molecular complexity index is 404. The lowest BCUT2D eigenvalue weighted by Gasteiger charge is -2.21. The van der Waals surface area contributed by atoms with E-state index in [9.17, 15) is 4.39 Å². The molecule has 0 heterocycles. The van der Waals surface area contributed by atoms with Crippen molar-refractivity contribution < 1.29 is 4.39 Å². The van der Waals surface area contributed by atoms with Crippen LogP contribution >= 0.6 is 0 Å². The molecule has 0 unspecified atom stereocenters. The van der Waals surface area contributed by atoms with E-state index in [2.05, 4.69) is 22.1 Å². The number of nitrogens with one attached hydrogen (secondary N) is 1. The maximum atomic E-state index is 13.1. The molecule has 4 heteroatoms. The molecule has 0 saturated carbocycles. The topological polar surface area (TPSA) is 27.6 Å². The number of nitrogens with zero attached hydrogens (tertiary/aromatic N) is 2. The lowest BCUT2D eigenvalue weighted by molar-refractivity contribution is 0.464. The monoisotopic (exact) mass is 265 g/mol. The molecule has 106 valence electrons. The molecule has 19 heavy (non-hydrogen) atoms. The highest BCUT2D eigenvalue weighted by molar-refractivity contribution is 5.79. The van der Waals surface area contributed by atoms with Crippen LogP contribution in [0.3, 0.4) is 0 Å². The van der Waals surface area contributed by atoms with E-state index in [1.807, 2.05) is 20.0 Å². The smallest absolute Gasteiger partial charge is 0.193 e. The number of benzene rings is 1. The van der Waals surface area contributed by atoms with Crippen LogP contribution in [0.15, 0.2) is 29.3 Å². The van der Waals surface area contributed by atoms with Crippen LogP contribution in [0, 0.1) is 5.82 Å². The second-order valence-corrected chi connectivity index (χ2v) is 4.58. The van der Waals surface area contributed by atoms with E-state index in [-0.39, 0.29) is 5.82 Å². The normalized spacial score (nSPS) is 11.5. The molecular weight excluding hydrogens is 241 g/mol. The Morgan fingerprint density at radius 3 is 2.79 bits per heavy atom. The zero-order valence-electron chi connectivity index (χ0n) is 12.1. The summed E-state index contributed by atoms with van der Waals surface area (Å²) >= 11 is 0. The number of rotatable bonds is 6. The third-order valence-corrected chi connectivity index (χ3v) is 2.84. The molecule has 1 aromatic carbocycles. The molecule has 0 aliphatic heterocycles. The Labute approximate surface area is 115 Å². The number of aliphatic imine (C=N–C) groups is 1. The lowest BCUT2D eigenvalue weighted by Crippen LogP contribution is -2.39. The fourth-order valence-corrected chi connectivity index (χ4v) is 1.77. The molecule has 3 nitrogen and oxygen atoms in total. The molecule has 0 aliphatic carbocycles. The van der Waals surface area contributed by atoms with E-state index >= 15 is 0 Å². The van der Waals surface area contributed by atoms with E-state index in [0.717, 1.165) is 37.5 Å². The summed E-state index contributed by atoms with van der Waals surface area (Å²) in [6.07, 6.45) is 2.30. The van der Waals surface area contributed by atoms with Crippen LogP contribution in [0.5, 0.6) is 0 Å². The molecule has 1 N–H and O–H groups in total. The van der Waals surface area contributed by atoms with Crippen LogP contribution in [-0.2, 0) is 6.54 Å². The van der Waals surface area contributed by atoms with Gasteiger partial charge in [0.1, 0.15) is 5.82 Å². The third-order valence-electron chi connectivity index (χ3n) is 2.84. The Morgan fingerprint density at radius 2 is 2.16 bits per heavy atom. The first-order chi connectivity index (χ1) is 9.17. The fourth-order valence-electron chi connectivity index (χ4n) is 1.77. The minimum atomic E-state index is -0.211. The van der Waals surface area contributed by atoms with Gasteiger partial charge in [-0.1, -0.05) is 25.5 Å². The first-order valence-electron chi connectivity index (χ1n) is 6.91. The summed E-state index contributed by atoms with van der Waals surface area (Å²) in [5.74, 6) is 0.664. The minimum absolute atomic E-state index is 0.211. The van der Waals surface area contributed by atoms with Gasteiger partial charge >= 0.3 is 0 Å². The standard InChI is InChI=1S/C15H24FN3/c1-4-6-10-19(3)15(17-5-2)18-12-13-8-7-9-14(16)11-13/h7-9,11H,4-6,10,12H2,1-3H3,(H,17,18). The van der Waals surface area contributed by atoms with Crippen molar-refractivity contribution >= 4 is 5.96 Å². The van der Waals surface area contributed by atoms with E-state index < -0.39 is 0 Å². The predicted octanol–water partition coefficient (Wildman–Crippen LogP) is 3.02. The van der Waals surface area contributed by atoms with Crippen LogP contribution in [0.1, 0.15) is 32.3 Å². The average molecular weight is 265 g/mol. The summed E-state index contributed by atoms with van der Waals surface area (Å²) in [4.78, 5) is 6.66. The molecule has 0 saturated heterocycles. The van der Waals surface area contributed by atoms with Gasteiger partial charge in [-0.05, 0) is 31.0 Å². The Balaban J connectivity index is 2.66. The van der Waals surface area contributed by atoms with Gasteiger partial charge in [-0.15, -0.1) is 0 Å². The number of guanidine groups is 1. The van der Waals surface area contributed by atoms with Gasteiger partial charge in [-0.2, -0.15) is 0 Å². The van der Waals surface area contributed by atoms with Crippen molar-refractivity contribution in [3.8, 4) is 0 Å². The van der Waals surface area contributed by atoms with Crippen LogP contribution in [0.2, 0.25) is 0 Å². The molecular formula is C15H24FN3.